The molecule has 1 atom stereocenters. The van der Waals surface area contributed by atoms with E-state index in [0.717, 1.165) is 17.1 Å². The zero-order chi connectivity index (χ0) is 15.1. The van der Waals surface area contributed by atoms with E-state index < -0.39 is 0 Å². The van der Waals surface area contributed by atoms with Crippen LogP contribution in [0.2, 0.25) is 0 Å². The Balaban J connectivity index is 1.65. The number of carbonyl (C=O) groups excluding carboxylic acids is 1. The molecular formula is C17H22N2O2. The van der Waals surface area contributed by atoms with Gasteiger partial charge in [0.1, 0.15) is 11.5 Å². The summed E-state index contributed by atoms with van der Waals surface area (Å²) in [4.78, 5) is 11.8. The van der Waals surface area contributed by atoms with Gasteiger partial charge in [-0.2, -0.15) is 0 Å². The summed E-state index contributed by atoms with van der Waals surface area (Å²) in [6.45, 7) is 5.15. The fraction of sp³-hybridized carbons (Fsp3) is 0.353. The molecule has 0 bridgehead atoms. The van der Waals surface area contributed by atoms with Gasteiger partial charge in [-0.25, -0.2) is 0 Å². The topological polar surface area (TPSA) is 54.3 Å². The lowest BCUT2D eigenvalue weighted by Crippen LogP contribution is -2.28. The molecule has 0 aliphatic carbocycles. The van der Waals surface area contributed by atoms with Crippen molar-refractivity contribution < 1.29 is 9.21 Å². The predicted molar refractivity (Wildman–Crippen MR) is 82.8 cm³/mol. The van der Waals surface area contributed by atoms with Crippen LogP contribution in [0, 0.1) is 6.92 Å². The highest BCUT2D eigenvalue weighted by Crippen LogP contribution is 2.15. The second-order valence-electron chi connectivity index (χ2n) is 5.14. The lowest BCUT2D eigenvalue weighted by Gasteiger charge is -2.11. The Hall–Kier alpha value is -2.07. The first kappa shape index (κ1) is 15.3. The first-order valence-electron chi connectivity index (χ1n) is 7.25. The standard InChI is InChI=1S/C17H22N2O2/c1-13-8-9-16(21-13)14(2)18-11-10-17(20)19-12-15-6-4-3-5-7-15/h3-9,14,18H,10-12H2,1-2H3,(H,19,20)/t14-/m0/s1. The van der Waals surface area contributed by atoms with Crippen LogP contribution in [0.4, 0.5) is 0 Å². The molecule has 2 rings (SSSR count). The second-order valence-corrected chi connectivity index (χ2v) is 5.14. The van der Waals surface area contributed by atoms with E-state index in [1.165, 1.54) is 0 Å². The molecule has 112 valence electrons. The van der Waals surface area contributed by atoms with Crippen molar-refractivity contribution in [1.82, 2.24) is 10.6 Å². The van der Waals surface area contributed by atoms with Gasteiger partial charge in [-0.3, -0.25) is 4.79 Å². The number of furan rings is 1. The summed E-state index contributed by atoms with van der Waals surface area (Å²) >= 11 is 0. The van der Waals surface area contributed by atoms with Crippen molar-refractivity contribution in [2.24, 2.45) is 0 Å². The van der Waals surface area contributed by atoms with Crippen LogP contribution in [0.25, 0.3) is 0 Å². The minimum atomic E-state index is 0.0502. The van der Waals surface area contributed by atoms with Crippen molar-refractivity contribution in [3.63, 3.8) is 0 Å². The molecule has 0 aliphatic rings. The van der Waals surface area contributed by atoms with Crippen LogP contribution in [0.15, 0.2) is 46.9 Å². The number of rotatable bonds is 7. The Morgan fingerprint density at radius 2 is 1.95 bits per heavy atom. The van der Waals surface area contributed by atoms with Gasteiger partial charge in [-0.1, -0.05) is 30.3 Å². The number of hydrogen-bond donors (Lipinski definition) is 2. The summed E-state index contributed by atoms with van der Waals surface area (Å²) in [6, 6.07) is 13.9. The van der Waals surface area contributed by atoms with E-state index in [0.29, 0.717) is 19.5 Å². The van der Waals surface area contributed by atoms with Crippen LogP contribution in [0.1, 0.15) is 36.5 Å². The highest BCUT2D eigenvalue weighted by Gasteiger charge is 2.09. The van der Waals surface area contributed by atoms with Gasteiger partial charge in [0, 0.05) is 19.5 Å². The van der Waals surface area contributed by atoms with E-state index in [1.807, 2.05) is 56.3 Å². The molecule has 0 fully saturated rings. The fourth-order valence-electron chi connectivity index (χ4n) is 2.07. The fourth-order valence-corrected chi connectivity index (χ4v) is 2.07. The van der Waals surface area contributed by atoms with Gasteiger partial charge in [0.2, 0.25) is 5.91 Å². The molecule has 2 N–H and O–H groups in total. The number of amides is 1. The molecule has 0 radical (unpaired) electrons. The van der Waals surface area contributed by atoms with Gasteiger partial charge in [0.15, 0.2) is 0 Å². The first-order chi connectivity index (χ1) is 10.1. The van der Waals surface area contributed by atoms with Crippen molar-refractivity contribution in [3.8, 4) is 0 Å². The smallest absolute Gasteiger partial charge is 0.221 e. The molecule has 4 heteroatoms. The molecule has 21 heavy (non-hydrogen) atoms. The largest absolute Gasteiger partial charge is 0.465 e. The van der Waals surface area contributed by atoms with E-state index in [4.69, 9.17) is 4.42 Å². The number of carbonyl (C=O) groups is 1. The van der Waals surface area contributed by atoms with E-state index in [2.05, 4.69) is 10.6 Å². The van der Waals surface area contributed by atoms with Crippen LogP contribution < -0.4 is 10.6 Å². The Morgan fingerprint density at radius 3 is 2.62 bits per heavy atom. The Bertz CT molecular complexity index is 563. The van der Waals surface area contributed by atoms with E-state index in [1.54, 1.807) is 0 Å². The third-order valence-electron chi connectivity index (χ3n) is 3.32. The molecule has 0 spiro atoms. The molecule has 1 aromatic heterocycles. The summed E-state index contributed by atoms with van der Waals surface area (Å²) in [5.41, 5.74) is 1.11. The number of hydrogen-bond acceptors (Lipinski definition) is 3. The van der Waals surface area contributed by atoms with Crippen molar-refractivity contribution >= 4 is 5.91 Å². The van der Waals surface area contributed by atoms with Crippen molar-refractivity contribution in [1.29, 1.82) is 0 Å². The predicted octanol–water partition coefficient (Wildman–Crippen LogP) is 2.95. The normalized spacial score (nSPS) is 12.1. The van der Waals surface area contributed by atoms with Gasteiger partial charge >= 0.3 is 0 Å². The van der Waals surface area contributed by atoms with Crippen molar-refractivity contribution in [2.75, 3.05) is 6.54 Å². The Morgan fingerprint density at radius 1 is 1.19 bits per heavy atom. The molecule has 1 amide bonds. The summed E-state index contributed by atoms with van der Waals surface area (Å²) in [5.74, 6) is 1.85. The van der Waals surface area contributed by atoms with E-state index in [9.17, 15) is 4.79 Å². The molecule has 0 saturated carbocycles. The van der Waals surface area contributed by atoms with Gasteiger partial charge in [-0.05, 0) is 31.5 Å². The van der Waals surface area contributed by atoms with E-state index >= 15 is 0 Å². The van der Waals surface area contributed by atoms with Crippen LogP contribution in [-0.4, -0.2) is 12.5 Å². The summed E-state index contributed by atoms with van der Waals surface area (Å²) in [6.07, 6.45) is 0.455. The van der Waals surface area contributed by atoms with Gasteiger partial charge in [0.05, 0.1) is 6.04 Å². The maximum absolute atomic E-state index is 11.8. The van der Waals surface area contributed by atoms with Crippen molar-refractivity contribution in [3.05, 3.63) is 59.5 Å². The number of nitrogens with one attached hydrogen (secondary N) is 2. The lowest BCUT2D eigenvalue weighted by molar-refractivity contribution is -0.121. The third-order valence-corrected chi connectivity index (χ3v) is 3.32. The molecule has 1 aromatic carbocycles. The van der Waals surface area contributed by atoms with Gasteiger partial charge < -0.3 is 15.1 Å². The summed E-state index contributed by atoms with van der Waals surface area (Å²) in [5, 5.41) is 6.20. The highest BCUT2D eigenvalue weighted by molar-refractivity contribution is 5.76. The maximum atomic E-state index is 11.8. The molecule has 1 heterocycles. The first-order valence-corrected chi connectivity index (χ1v) is 7.25. The second kappa shape index (κ2) is 7.64. The van der Waals surface area contributed by atoms with E-state index in [-0.39, 0.29) is 11.9 Å². The quantitative estimate of drug-likeness (QED) is 0.823. The number of aryl methyl sites for hydroxylation is 1. The minimum Gasteiger partial charge on any atom is -0.465 e. The SMILES string of the molecule is Cc1ccc([C@H](C)NCCC(=O)NCc2ccccc2)o1. The van der Waals surface area contributed by atoms with Gasteiger partial charge in [0.25, 0.3) is 0 Å². The average Bonchev–Trinajstić information content (AvgIpc) is 2.93. The highest BCUT2D eigenvalue weighted by atomic mass is 16.3. The summed E-state index contributed by atoms with van der Waals surface area (Å²) in [7, 11) is 0. The summed E-state index contributed by atoms with van der Waals surface area (Å²) < 4.78 is 5.55. The molecule has 4 nitrogen and oxygen atoms in total. The van der Waals surface area contributed by atoms with Gasteiger partial charge in [-0.15, -0.1) is 0 Å². The maximum Gasteiger partial charge on any atom is 0.221 e. The zero-order valence-corrected chi connectivity index (χ0v) is 12.6. The van der Waals surface area contributed by atoms with Crippen LogP contribution in [0.5, 0.6) is 0 Å². The number of benzene rings is 1. The van der Waals surface area contributed by atoms with Crippen LogP contribution >= 0.6 is 0 Å². The average molecular weight is 286 g/mol. The Labute approximate surface area is 125 Å². The zero-order valence-electron chi connectivity index (χ0n) is 12.6. The molecule has 0 aliphatic heterocycles. The lowest BCUT2D eigenvalue weighted by atomic mass is 10.2. The van der Waals surface area contributed by atoms with Crippen molar-refractivity contribution in [2.45, 2.75) is 32.9 Å². The Kier molecular flexibility index (Phi) is 5.58. The van der Waals surface area contributed by atoms with Crippen LogP contribution in [-0.2, 0) is 11.3 Å². The molecule has 0 unspecified atom stereocenters. The van der Waals surface area contributed by atoms with Crippen LogP contribution in [0.3, 0.4) is 0 Å². The molecule has 0 saturated heterocycles. The molecular weight excluding hydrogens is 264 g/mol. The minimum absolute atomic E-state index is 0.0502. The monoisotopic (exact) mass is 286 g/mol. The molecule has 2 aromatic rings. The third kappa shape index (κ3) is 5.08.